The number of aryl methyl sites for hydroxylation is 1. The van der Waals surface area contributed by atoms with Crippen LogP contribution in [0, 0.1) is 10.5 Å². The Morgan fingerprint density at radius 1 is 1.42 bits per heavy atom. The lowest BCUT2D eigenvalue weighted by molar-refractivity contribution is 0.0999. The number of rotatable bonds is 3. The number of anilines is 1. The Morgan fingerprint density at radius 3 is 2.74 bits per heavy atom. The normalized spacial score (nSPS) is 10.4. The number of nitrogen functional groups attached to an aromatic ring is 1. The lowest BCUT2D eigenvalue weighted by atomic mass is 10.1. The summed E-state index contributed by atoms with van der Waals surface area (Å²) >= 11 is 2.19. The van der Waals surface area contributed by atoms with E-state index in [-0.39, 0.29) is 0 Å². The van der Waals surface area contributed by atoms with Crippen LogP contribution in [0.25, 0.3) is 0 Å². The van der Waals surface area contributed by atoms with Crippen molar-refractivity contribution in [1.82, 2.24) is 9.97 Å². The highest BCUT2D eigenvalue weighted by Gasteiger charge is 2.09. The molecule has 0 aliphatic carbocycles. The maximum atomic E-state index is 11.1. The van der Waals surface area contributed by atoms with Gasteiger partial charge in [-0.15, -0.1) is 0 Å². The number of nitrogens with two attached hydrogens (primary N) is 2. The van der Waals surface area contributed by atoms with Crippen molar-refractivity contribution in [3.63, 3.8) is 0 Å². The Balaban J connectivity index is 2.26. The summed E-state index contributed by atoms with van der Waals surface area (Å²) in [7, 11) is 0. The van der Waals surface area contributed by atoms with E-state index >= 15 is 0 Å². The van der Waals surface area contributed by atoms with Crippen molar-refractivity contribution in [2.45, 2.75) is 13.3 Å². The zero-order valence-electron chi connectivity index (χ0n) is 10.4. The monoisotopic (exact) mass is 368 g/mol. The summed E-state index contributed by atoms with van der Waals surface area (Å²) in [6, 6.07) is 5.80. The predicted octanol–water partition coefficient (Wildman–Crippen LogP) is 1.66. The van der Waals surface area contributed by atoms with Crippen LogP contribution >= 0.6 is 22.6 Å². The molecular weight excluding hydrogens is 355 g/mol. The zero-order valence-corrected chi connectivity index (χ0v) is 12.5. The van der Waals surface area contributed by atoms with Gasteiger partial charge in [0.15, 0.2) is 0 Å². The largest absolute Gasteiger partial charge is 0.398 e. The van der Waals surface area contributed by atoms with Gasteiger partial charge >= 0.3 is 0 Å². The number of aromatic nitrogens is 2. The molecular formula is C13H13IN4O. The van der Waals surface area contributed by atoms with Gasteiger partial charge in [-0.3, -0.25) is 4.79 Å². The van der Waals surface area contributed by atoms with Crippen molar-refractivity contribution in [2.75, 3.05) is 5.73 Å². The van der Waals surface area contributed by atoms with E-state index in [1.807, 2.05) is 18.2 Å². The van der Waals surface area contributed by atoms with E-state index in [0.29, 0.717) is 23.5 Å². The summed E-state index contributed by atoms with van der Waals surface area (Å²) in [4.78, 5) is 19.6. The van der Waals surface area contributed by atoms with Crippen molar-refractivity contribution >= 4 is 34.2 Å². The number of primary amides is 1. The molecule has 5 nitrogen and oxygen atoms in total. The van der Waals surface area contributed by atoms with Crippen LogP contribution in [0.15, 0.2) is 24.4 Å². The van der Waals surface area contributed by atoms with Crippen LogP contribution in [-0.4, -0.2) is 15.9 Å². The highest BCUT2D eigenvalue weighted by Crippen LogP contribution is 2.18. The molecule has 0 fully saturated rings. The second kappa shape index (κ2) is 5.52. The smallest absolute Gasteiger partial charge is 0.252 e. The highest BCUT2D eigenvalue weighted by molar-refractivity contribution is 14.1. The summed E-state index contributed by atoms with van der Waals surface area (Å²) in [5.74, 6) is 0.147. The lowest BCUT2D eigenvalue weighted by Crippen LogP contribution is -2.15. The Kier molecular flexibility index (Phi) is 3.98. The van der Waals surface area contributed by atoms with Gasteiger partial charge in [0.05, 0.1) is 11.3 Å². The number of nitrogens with zero attached hydrogens (tertiary/aromatic N) is 2. The van der Waals surface area contributed by atoms with Crippen LogP contribution in [0.5, 0.6) is 0 Å². The Bertz CT molecular complexity index is 643. The van der Waals surface area contributed by atoms with Crippen LogP contribution in [0.4, 0.5) is 5.69 Å². The van der Waals surface area contributed by atoms with E-state index < -0.39 is 5.91 Å². The average Bonchev–Trinajstić information content (AvgIpc) is 2.33. The van der Waals surface area contributed by atoms with Crippen LogP contribution in [0.3, 0.4) is 0 Å². The second-order valence-corrected chi connectivity index (χ2v) is 5.34. The first-order valence-corrected chi connectivity index (χ1v) is 6.71. The molecule has 1 aromatic heterocycles. The third-order valence-electron chi connectivity index (χ3n) is 2.72. The van der Waals surface area contributed by atoms with E-state index in [2.05, 4.69) is 32.6 Å². The van der Waals surface area contributed by atoms with Gasteiger partial charge in [-0.05, 0) is 47.2 Å². The molecule has 2 rings (SSSR count). The Labute approximate surface area is 124 Å². The molecule has 1 heterocycles. The molecule has 0 saturated heterocycles. The van der Waals surface area contributed by atoms with Gasteiger partial charge in [0.25, 0.3) is 5.91 Å². The van der Waals surface area contributed by atoms with Crippen molar-refractivity contribution in [1.29, 1.82) is 0 Å². The van der Waals surface area contributed by atoms with Gasteiger partial charge in [0.2, 0.25) is 0 Å². The first-order chi connectivity index (χ1) is 8.97. The molecule has 2 aromatic rings. The number of hydrogen-bond acceptors (Lipinski definition) is 4. The molecule has 1 aromatic carbocycles. The minimum absolute atomic E-state index is 0.357. The minimum atomic E-state index is -0.508. The fourth-order valence-corrected chi connectivity index (χ4v) is 2.29. The average molecular weight is 368 g/mol. The molecule has 0 atom stereocenters. The van der Waals surface area contributed by atoms with Crippen LogP contribution < -0.4 is 11.5 Å². The summed E-state index contributed by atoms with van der Waals surface area (Å²) < 4.78 is 1.00. The predicted molar refractivity (Wildman–Crippen MR) is 81.7 cm³/mol. The second-order valence-electron chi connectivity index (χ2n) is 4.18. The number of carbonyl (C=O) groups is 1. The van der Waals surface area contributed by atoms with Crippen LogP contribution in [-0.2, 0) is 6.42 Å². The van der Waals surface area contributed by atoms with Crippen molar-refractivity contribution in [3.8, 4) is 0 Å². The third kappa shape index (κ3) is 3.19. The van der Waals surface area contributed by atoms with E-state index in [4.69, 9.17) is 11.5 Å². The maximum Gasteiger partial charge on any atom is 0.252 e. The molecule has 0 spiro atoms. The molecule has 0 unspecified atom stereocenters. The van der Waals surface area contributed by atoms with Crippen LogP contribution in [0.2, 0.25) is 0 Å². The topological polar surface area (TPSA) is 94.9 Å². The Morgan fingerprint density at radius 2 is 2.16 bits per heavy atom. The highest BCUT2D eigenvalue weighted by atomic mass is 127. The van der Waals surface area contributed by atoms with E-state index in [9.17, 15) is 4.79 Å². The van der Waals surface area contributed by atoms with Gasteiger partial charge < -0.3 is 11.5 Å². The van der Waals surface area contributed by atoms with E-state index in [1.165, 1.54) is 6.20 Å². The van der Waals surface area contributed by atoms with E-state index in [1.54, 1.807) is 6.92 Å². The Hall–Kier alpha value is -1.70. The molecule has 0 aliphatic rings. The summed E-state index contributed by atoms with van der Waals surface area (Å²) in [5.41, 5.74) is 13.8. The molecule has 19 heavy (non-hydrogen) atoms. The summed E-state index contributed by atoms with van der Waals surface area (Å²) in [6.45, 7) is 1.75. The summed E-state index contributed by atoms with van der Waals surface area (Å²) in [6.07, 6.45) is 2.07. The van der Waals surface area contributed by atoms with Gasteiger partial charge in [-0.25, -0.2) is 9.97 Å². The van der Waals surface area contributed by atoms with E-state index in [0.717, 1.165) is 14.8 Å². The fourth-order valence-electron chi connectivity index (χ4n) is 1.71. The van der Waals surface area contributed by atoms with Gasteiger partial charge in [0.1, 0.15) is 5.82 Å². The maximum absolute atomic E-state index is 11.1. The third-order valence-corrected chi connectivity index (χ3v) is 3.66. The molecule has 0 bridgehead atoms. The summed E-state index contributed by atoms with van der Waals surface area (Å²) in [5, 5.41) is 0. The lowest BCUT2D eigenvalue weighted by Gasteiger charge is -2.06. The molecule has 0 aliphatic heterocycles. The van der Waals surface area contributed by atoms with Gasteiger partial charge in [-0.1, -0.05) is 6.07 Å². The van der Waals surface area contributed by atoms with Gasteiger partial charge in [-0.2, -0.15) is 0 Å². The molecule has 1 amide bonds. The molecule has 6 heteroatoms. The van der Waals surface area contributed by atoms with Crippen molar-refractivity contribution in [3.05, 3.63) is 50.6 Å². The zero-order chi connectivity index (χ0) is 14.0. The molecule has 0 radical (unpaired) electrons. The van der Waals surface area contributed by atoms with Crippen LogP contribution in [0.1, 0.15) is 27.4 Å². The first kappa shape index (κ1) is 13.7. The quantitative estimate of drug-likeness (QED) is 0.636. The number of hydrogen-bond donors (Lipinski definition) is 2. The SMILES string of the molecule is Cc1nc(Cc2ccc(N)c(I)c2)ncc1C(N)=O. The first-order valence-electron chi connectivity index (χ1n) is 5.63. The van der Waals surface area contributed by atoms with Gasteiger partial charge in [0, 0.05) is 21.9 Å². The number of halogens is 1. The minimum Gasteiger partial charge on any atom is -0.398 e. The molecule has 0 saturated carbocycles. The number of benzene rings is 1. The standard InChI is InChI=1S/C13H13IN4O/c1-7-9(13(16)19)6-17-12(18-7)5-8-2-3-11(15)10(14)4-8/h2-4,6H,5,15H2,1H3,(H2,16,19). The number of carbonyl (C=O) groups excluding carboxylic acids is 1. The molecule has 98 valence electrons. The number of amides is 1. The molecule has 4 N–H and O–H groups in total. The van der Waals surface area contributed by atoms with Crippen molar-refractivity contribution in [2.24, 2.45) is 5.73 Å². The fraction of sp³-hybridized carbons (Fsp3) is 0.154. The van der Waals surface area contributed by atoms with Crippen molar-refractivity contribution < 1.29 is 4.79 Å².